The minimum atomic E-state index is -0.342. The standard InChI is InChI=1S/C22H25N3OS/c1-13-5-7-19(15(3)9-13)24-21(26)16(4)27-22-18(12-23)11-17-10-14(2)6-8-20(17)25-22/h5,7,9,11,14,16H,6,8,10H2,1-4H3,(H,24,26). The largest absolute Gasteiger partial charge is 0.325 e. The van der Waals surface area contributed by atoms with Crippen molar-refractivity contribution >= 4 is 23.4 Å². The van der Waals surface area contributed by atoms with E-state index < -0.39 is 0 Å². The highest BCUT2D eigenvalue weighted by Gasteiger charge is 2.22. The predicted octanol–water partition coefficient (Wildman–Crippen LogP) is 4.81. The number of anilines is 1. The van der Waals surface area contributed by atoms with Crippen molar-refractivity contribution in [3.8, 4) is 6.07 Å². The van der Waals surface area contributed by atoms with Gasteiger partial charge in [0.2, 0.25) is 5.91 Å². The van der Waals surface area contributed by atoms with Crippen LogP contribution in [0, 0.1) is 31.1 Å². The number of hydrogen-bond acceptors (Lipinski definition) is 4. The molecule has 27 heavy (non-hydrogen) atoms. The summed E-state index contributed by atoms with van der Waals surface area (Å²) >= 11 is 1.36. The average molecular weight is 380 g/mol. The van der Waals surface area contributed by atoms with E-state index in [0.717, 1.165) is 36.2 Å². The molecule has 0 saturated carbocycles. The molecule has 1 heterocycles. The average Bonchev–Trinajstić information content (AvgIpc) is 2.63. The highest BCUT2D eigenvalue weighted by Crippen LogP contribution is 2.31. The molecule has 140 valence electrons. The van der Waals surface area contributed by atoms with E-state index in [9.17, 15) is 10.1 Å². The highest BCUT2D eigenvalue weighted by molar-refractivity contribution is 8.00. The molecule has 2 aromatic rings. The molecule has 0 aliphatic heterocycles. The quantitative estimate of drug-likeness (QED) is 0.774. The van der Waals surface area contributed by atoms with Crippen molar-refractivity contribution in [3.05, 3.63) is 52.2 Å². The van der Waals surface area contributed by atoms with Gasteiger partial charge in [-0.15, -0.1) is 0 Å². The van der Waals surface area contributed by atoms with Crippen molar-refractivity contribution in [1.29, 1.82) is 5.26 Å². The van der Waals surface area contributed by atoms with E-state index in [-0.39, 0.29) is 11.2 Å². The van der Waals surface area contributed by atoms with Crippen LogP contribution in [0.2, 0.25) is 0 Å². The third kappa shape index (κ3) is 4.51. The van der Waals surface area contributed by atoms with Gasteiger partial charge in [-0.3, -0.25) is 4.79 Å². The lowest BCUT2D eigenvalue weighted by atomic mass is 9.87. The molecule has 1 amide bonds. The second kappa shape index (κ2) is 8.14. The van der Waals surface area contributed by atoms with Gasteiger partial charge in [-0.2, -0.15) is 5.26 Å². The molecule has 0 bridgehead atoms. The summed E-state index contributed by atoms with van der Waals surface area (Å²) in [7, 11) is 0. The van der Waals surface area contributed by atoms with Crippen LogP contribution in [0.5, 0.6) is 0 Å². The Labute approximate surface area is 165 Å². The number of hydrogen-bond donors (Lipinski definition) is 1. The lowest BCUT2D eigenvalue weighted by Gasteiger charge is -2.22. The number of carbonyl (C=O) groups excluding carboxylic acids is 1. The van der Waals surface area contributed by atoms with E-state index in [1.165, 1.54) is 22.9 Å². The summed E-state index contributed by atoms with van der Waals surface area (Å²) in [5.41, 5.74) is 5.86. The monoisotopic (exact) mass is 379 g/mol. The molecule has 0 spiro atoms. The van der Waals surface area contributed by atoms with Gasteiger partial charge in [0, 0.05) is 11.4 Å². The summed E-state index contributed by atoms with van der Waals surface area (Å²) in [5, 5.41) is 12.8. The van der Waals surface area contributed by atoms with Crippen molar-refractivity contribution < 1.29 is 4.79 Å². The van der Waals surface area contributed by atoms with Crippen molar-refractivity contribution in [1.82, 2.24) is 4.98 Å². The minimum Gasteiger partial charge on any atom is -0.325 e. The first kappa shape index (κ1) is 19.4. The number of pyridine rings is 1. The van der Waals surface area contributed by atoms with E-state index in [1.54, 1.807) is 0 Å². The first-order valence-electron chi connectivity index (χ1n) is 9.35. The van der Waals surface area contributed by atoms with Gasteiger partial charge in [0.1, 0.15) is 11.1 Å². The molecule has 1 aromatic carbocycles. The zero-order valence-electron chi connectivity index (χ0n) is 16.3. The van der Waals surface area contributed by atoms with Crippen LogP contribution >= 0.6 is 11.8 Å². The third-order valence-electron chi connectivity index (χ3n) is 5.02. The van der Waals surface area contributed by atoms with Gasteiger partial charge in [0.25, 0.3) is 0 Å². The van der Waals surface area contributed by atoms with Crippen LogP contribution in [0.4, 0.5) is 5.69 Å². The van der Waals surface area contributed by atoms with Crippen LogP contribution in [0.1, 0.15) is 48.2 Å². The summed E-state index contributed by atoms with van der Waals surface area (Å²) < 4.78 is 0. The molecule has 1 aliphatic rings. The maximum Gasteiger partial charge on any atom is 0.237 e. The fourth-order valence-electron chi connectivity index (χ4n) is 3.41. The zero-order chi connectivity index (χ0) is 19.6. The Bertz CT molecular complexity index is 917. The van der Waals surface area contributed by atoms with Crippen molar-refractivity contribution in [2.75, 3.05) is 5.32 Å². The molecular formula is C22H25N3OS. The second-order valence-corrected chi connectivity index (χ2v) is 8.80. The summed E-state index contributed by atoms with van der Waals surface area (Å²) in [6.07, 6.45) is 3.04. The Balaban J connectivity index is 1.76. The molecule has 0 fully saturated rings. The summed E-state index contributed by atoms with van der Waals surface area (Å²) in [4.78, 5) is 17.4. The van der Waals surface area contributed by atoms with E-state index in [0.29, 0.717) is 16.5 Å². The Kier molecular flexibility index (Phi) is 5.86. The maximum atomic E-state index is 12.6. The number of thioether (sulfide) groups is 1. The highest BCUT2D eigenvalue weighted by atomic mass is 32.2. The Hall–Kier alpha value is -2.32. The summed E-state index contributed by atoms with van der Waals surface area (Å²) in [6, 6.07) is 10.2. The first-order valence-corrected chi connectivity index (χ1v) is 10.2. The SMILES string of the molecule is Cc1ccc(NC(=O)C(C)Sc2nc3c(cc2C#N)CC(C)CC3)c(C)c1. The van der Waals surface area contributed by atoms with Crippen LogP contribution in [-0.2, 0) is 17.6 Å². The van der Waals surface area contributed by atoms with Crippen LogP contribution in [0.25, 0.3) is 0 Å². The minimum absolute atomic E-state index is 0.0796. The molecule has 3 rings (SSSR count). The smallest absolute Gasteiger partial charge is 0.237 e. The van der Waals surface area contributed by atoms with E-state index >= 15 is 0 Å². The Morgan fingerprint density at radius 2 is 2.15 bits per heavy atom. The molecule has 1 aromatic heterocycles. The fraction of sp³-hybridized carbons (Fsp3) is 0.409. The lowest BCUT2D eigenvalue weighted by Crippen LogP contribution is -2.23. The zero-order valence-corrected chi connectivity index (χ0v) is 17.1. The molecule has 0 saturated heterocycles. The normalized spacial score (nSPS) is 16.9. The number of nitrogens with zero attached hydrogens (tertiary/aromatic N) is 2. The molecular weight excluding hydrogens is 354 g/mol. The van der Waals surface area contributed by atoms with Gasteiger partial charge < -0.3 is 5.32 Å². The third-order valence-corrected chi connectivity index (χ3v) is 6.12. The van der Waals surface area contributed by atoms with Crippen molar-refractivity contribution in [3.63, 3.8) is 0 Å². The molecule has 0 radical (unpaired) electrons. The predicted molar refractivity (Wildman–Crippen MR) is 110 cm³/mol. The lowest BCUT2D eigenvalue weighted by molar-refractivity contribution is -0.115. The number of aromatic nitrogens is 1. The Morgan fingerprint density at radius 1 is 1.37 bits per heavy atom. The van der Waals surface area contributed by atoms with Gasteiger partial charge in [0.05, 0.1) is 10.8 Å². The van der Waals surface area contributed by atoms with Gasteiger partial charge in [0.15, 0.2) is 0 Å². The number of benzene rings is 1. The van der Waals surface area contributed by atoms with Gasteiger partial charge >= 0.3 is 0 Å². The topological polar surface area (TPSA) is 65.8 Å². The Morgan fingerprint density at radius 3 is 2.85 bits per heavy atom. The van der Waals surface area contributed by atoms with Crippen LogP contribution < -0.4 is 5.32 Å². The number of nitriles is 1. The maximum absolute atomic E-state index is 12.6. The first-order chi connectivity index (χ1) is 12.9. The summed E-state index contributed by atoms with van der Waals surface area (Å²) in [5.74, 6) is 0.552. The number of amides is 1. The molecule has 5 heteroatoms. The van der Waals surface area contributed by atoms with Crippen molar-refractivity contribution in [2.45, 2.75) is 57.2 Å². The molecule has 4 nitrogen and oxygen atoms in total. The fourth-order valence-corrected chi connectivity index (χ4v) is 4.30. The van der Waals surface area contributed by atoms with Crippen LogP contribution in [0.15, 0.2) is 29.3 Å². The van der Waals surface area contributed by atoms with Crippen molar-refractivity contribution in [2.24, 2.45) is 5.92 Å². The number of nitrogens with one attached hydrogen (secondary N) is 1. The molecule has 2 unspecified atom stereocenters. The van der Waals surface area contributed by atoms with E-state index in [2.05, 4.69) is 18.3 Å². The number of rotatable bonds is 4. The number of aryl methyl sites for hydroxylation is 3. The second-order valence-electron chi connectivity index (χ2n) is 7.47. The van der Waals surface area contributed by atoms with Gasteiger partial charge in [-0.25, -0.2) is 4.98 Å². The van der Waals surface area contributed by atoms with Gasteiger partial charge in [-0.05, 0) is 69.2 Å². The molecule has 1 aliphatic carbocycles. The van der Waals surface area contributed by atoms with E-state index in [4.69, 9.17) is 4.98 Å². The molecule has 2 atom stereocenters. The molecule has 1 N–H and O–H groups in total. The number of carbonyl (C=O) groups is 1. The number of fused-ring (bicyclic) bond motifs is 1. The summed E-state index contributed by atoms with van der Waals surface area (Å²) in [6.45, 7) is 8.11. The van der Waals surface area contributed by atoms with Crippen LogP contribution in [0.3, 0.4) is 0 Å². The van der Waals surface area contributed by atoms with Gasteiger partial charge in [-0.1, -0.05) is 36.4 Å². The van der Waals surface area contributed by atoms with E-state index in [1.807, 2.05) is 45.0 Å². The van der Waals surface area contributed by atoms with Crippen LogP contribution in [-0.4, -0.2) is 16.1 Å².